The Morgan fingerprint density at radius 3 is 2.41 bits per heavy atom. The molecule has 5 rings (SSSR count). The molecule has 32 heavy (non-hydrogen) atoms. The maximum Gasteiger partial charge on any atom is 0.142 e. The molecule has 1 aliphatic carbocycles. The first kappa shape index (κ1) is 20.9. The van der Waals surface area contributed by atoms with E-state index in [-0.39, 0.29) is 0 Å². The van der Waals surface area contributed by atoms with Crippen LogP contribution < -0.4 is 0 Å². The van der Waals surface area contributed by atoms with Crippen LogP contribution in [-0.4, -0.2) is 10.3 Å². The minimum atomic E-state index is 0.413. The topological polar surface area (TPSA) is 26.5 Å². The normalized spacial score (nSPS) is 14.4. The largest absolute Gasteiger partial charge is 0.391 e. The molecule has 3 aromatic carbocycles. The van der Waals surface area contributed by atoms with E-state index in [1.807, 2.05) is 48.5 Å². The second-order valence-corrected chi connectivity index (χ2v) is 8.74. The molecule has 1 aliphatic rings. The molecule has 0 spiro atoms. The number of fused-ring (bicyclic) bond motifs is 1. The fourth-order valence-electron chi connectivity index (χ4n) is 4.20. The maximum atomic E-state index is 6.34. The summed E-state index contributed by atoms with van der Waals surface area (Å²) in [6, 6.07) is 28.3. The van der Waals surface area contributed by atoms with Gasteiger partial charge in [0.05, 0.1) is 11.4 Å². The minimum absolute atomic E-state index is 0.413. The first-order valence-corrected chi connectivity index (χ1v) is 11.4. The molecule has 0 amide bonds. The number of rotatable bonds is 5. The molecule has 0 bridgehead atoms. The van der Waals surface area contributed by atoms with E-state index in [1.165, 1.54) is 5.69 Å². The lowest BCUT2D eigenvalue weighted by atomic mass is 9.95. The average Bonchev–Trinajstić information content (AvgIpc) is 3.21. The van der Waals surface area contributed by atoms with Crippen LogP contribution in [0.15, 0.2) is 90.1 Å². The Morgan fingerprint density at radius 2 is 1.62 bits per heavy atom. The zero-order valence-electron chi connectivity index (χ0n) is 17.5. The monoisotopic (exact) mass is 460 g/mol. The predicted octanol–water partition coefficient (Wildman–Crippen LogP) is 7.71. The van der Waals surface area contributed by atoms with Crippen molar-refractivity contribution in [2.24, 2.45) is 5.16 Å². The lowest BCUT2D eigenvalue weighted by molar-refractivity contribution is 0.130. The summed E-state index contributed by atoms with van der Waals surface area (Å²) in [5.74, 6) is 0. The van der Waals surface area contributed by atoms with Gasteiger partial charge in [0.2, 0.25) is 0 Å². The van der Waals surface area contributed by atoms with Crippen LogP contribution in [0.25, 0.3) is 16.9 Å². The molecule has 0 atom stereocenters. The fraction of sp³-hybridized carbons (Fsp3) is 0.148. The second kappa shape index (κ2) is 9.23. The summed E-state index contributed by atoms with van der Waals surface area (Å²) < 4.78 is 2.31. The Bertz CT molecular complexity index is 1260. The second-order valence-electron chi connectivity index (χ2n) is 7.86. The summed E-state index contributed by atoms with van der Waals surface area (Å²) in [4.78, 5) is 5.75. The molecule has 0 radical (unpaired) electrons. The number of hydrogen-bond donors (Lipinski definition) is 0. The molecule has 0 unspecified atom stereocenters. The van der Waals surface area contributed by atoms with E-state index in [9.17, 15) is 0 Å². The highest BCUT2D eigenvalue weighted by molar-refractivity contribution is 6.31. The first-order chi connectivity index (χ1) is 15.7. The predicted molar refractivity (Wildman–Crippen MR) is 132 cm³/mol. The van der Waals surface area contributed by atoms with Gasteiger partial charge in [0.25, 0.3) is 0 Å². The van der Waals surface area contributed by atoms with Crippen molar-refractivity contribution in [2.75, 3.05) is 0 Å². The van der Waals surface area contributed by atoms with Gasteiger partial charge in [-0.1, -0.05) is 76.9 Å². The zero-order valence-corrected chi connectivity index (χ0v) is 19.0. The molecule has 1 aromatic heterocycles. The standard InChI is InChI=1S/C27H22Cl2N2O/c28-21-14-12-19(13-15-21)18-32-30-25-10-5-11-26-24(25)17-27(20-6-2-1-3-7-20)31(26)23-9-4-8-22(29)16-23/h1-4,6-9,12-17H,5,10-11,18H2. The van der Waals surface area contributed by atoms with Gasteiger partial charge >= 0.3 is 0 Å². The molecular weight excluding hydrogens is 439 g/mol. The van der Waals surface area contributed by atoms with Gasteiger partial charge in [-0.25, -0.2) is 0 Å². The van der Waals surface area contributed by atoms with Crippen LogP contribution in [0, 0.1) is 0 Å². The summed E-state index contributed by atoms with van der Waals surface area (Å²) in [6.45, 7) is 0.413. The van der Waals surface area contributed by atoms with E-state index in [0.29, 0.717) is 11.6 Å². The van der Waals surface area contributed by atoms with Crippen molar-refractivity contribution in [2.45, 2.75) is 25.9 Å². The number of benzene rings is 3. The van der Waals surface area contributed by atoms with Crippen molar-refractivity contribution in [3.8, 4) is 16.9 Å². The number of oxime groups is 1. The lowest BCUT2D eigenvalue weighted by Crippen LogP contribution is -2.14. The third-order valence-corrected chi connectivity index (χ3v) is 6.18. The number of aromatic nitrogens is 1. The summed E-state index contributed by atoms with van der Waals surface area (Å²) in [6.07, 6.45) is 2.89. The third kappa shape index (κ3) is 4.32. The smallest absolute Gasteiger partial charge is 0.142 e. The summed E-state index contributed by atoms with van der Waals surface area (Å²) in [7, 11) is 0. The molecule has 1 heterocycles. The highest BCUT2D eigenvalue weighted by Gasteiger charge is 2.24. The van der Waals surface area contributed by atoms with E-state index in [2.05, 4.69) is 46.1 Å². The van der Waals surface area contributed by atoms with Gasteiger partial charge < -0.3 is 9.40 Å². The Balaban J connectivity index is 1.54. The number of hydrogen-bond acceptors (Lipinski definition) is 2. The van der Waals surface area contributed by atoms with Crippen LogP contribution in [-0.2, 0) is 17.9 Å². The van der Waals surface area contributed by atoms with Crippen molar-refractivity contribution < 1.29 is 4.84 Å². The molecular formula is C27H22Cl2N2O. The van der Waals surface area contributed by atoms with E-state index < -0.39 is 0 Å². The first-order valence-electron chi connectivity index (χ1n) is 10.7. The van der Waals surface area contributed by atoms with E-state index >= 15 is 0 Å². The minimum Gasteiger partial charge on any atom is -0.391 e. The molecule has 0 saturated heterocycles. The van der Waals surface area contributed by atoms with E-state index in [4.69, 9.17) is 28.0 Å². The zero-order chi connectivity index (χ0) is 21.9. The maximum absolute atomic E-state index is 6.34. The van der Waals surface area contributed by atoms with Gasteiger partial charge in [0, 0.05) is 27.0 Å². The molecule has 0 fully saturated rings. The molecule has 0 N–H and O–H groups in total. The average molecular weight is 461 g/mol. The highest BCUT2D eigenvalue weighted by atomic mass is 35.5. The van der Waals surface area contributed by atoms with Crippen molar-refractivity contribution in [1.82, 2.24) is 4.57 Å². The van der Waals surface area contributed by atoms with Crippen molar-refractivity contribution in [3.63, 3.8) is 0 Å². The van der Waals surface area contributed by atoms with Crippen molar-refractivity contribution in [3.05, 3.63) is 112 Å². The van der Waals surface area contributed by atoms with Gasteiger partial charge in [-0.05, 0) is 66.8 Å². The van der Waals surface area contributed by atoms with Gasteiger partial charge in [-0.2, -0.15) is 0 Å². The Kier molecular flexibility index (Phi) is 6.02. The summed E-state index contributed by atoms with van der Waals surface area (Å²) in [5.41, 5.74) is 7.75. The van der Waals surface area contributed by atoms with Crippen LogP contribution in [0.1, 0.15) is 29.7 Å². The van der Waals surface area contributed by atoms with Crippen LogP contribution in [0.4, 0.5) is 0 Å². The van der Waals surface area contributed by atoms with Crippen molar-refractivity contribution >= 4 is 28.9 Å². The van der Waals surface area contributed by atoms with Crippen LogP contribution in [0.3, 0.4) is 0 Å². The van der Waals surface area contributed by atoms with Gasteiger partial charge in [0.1, 0.15) is 6.61 Å². The van der Waals surface area contributed by atoms with Gasteiger partial charge in [0.15, 0.2) is 0 Å². The Labute approximate surface area is 197 Å². The van der Waals surface area contributed by atoms with E-state index in [1.54, 1.807) is 0 Å². The van der Waals surface area contributed by atoms with E-state index in [0.717, 1.165) is 58.1 Å². The molecule has 0 saturated carbocycles. The van der Waals surface area contributed by atoms with Crippen LogP contribution in [0.2, 0.25) is 10.0 Å². The Hall–Kier alpha value is -3.01. The molecule has 3 nitrogen and oxygen atoms in total. The van der Waals surface area contributed by atoms with Crippen LogP contribution >= 0.6 is 23.2 Å². The quantitative estimate of drug-likeness (QED) is 0.280. The van der Waals surface area contributed by atoms with Gasteiger partial charge in [-0.15, -0.1) is 0 Å². The summed E-state index contributed by atoms with van der Waals surface area (Å²) in [5, 5.41) is 5.98. The Morgan fingerprint density at radius 1 is 0.812 bits per heavy atom. The number of halogens is 2. The fourth-order valence-corrected chi connectivity index (χ4v) is 4.51. The lowest BCUT2D eigenvalue weighted by Gasteiger charge is -2.19. The molecule has 0 aliphatic heterocycles. The summed E-state index contributed by atoms with van der Waals surface area (Å²) >= 11 is 12.3. The number of nitrogens with zero attached hydrogens (tertiary/aromatic N) is 2. The van der Waals surface area contributed by atoms with Crippen LogP contribution in [0.5, 0.6) is 0 Å². The molecule has 5 heteroatoms. The third-order valence-electron chi connectivity index (χ3n) is 5.70. The highest BCUT2D eigenvalue weighted by Crippen LogP contribution is 2.35. The molecule has 4 aromatic rings. The SMILES string of the molecule is Clc1ccc(CON=C2CCCc3c2cc(-c2ccccc2)n3-c2cccc(Cl)c2)cc1. The van der Waals surface area contributed by atoms with Gasteiger partial charge in [-0.3, -0.25) is 0 Å². The van der Waals surface area contributed by atoms with Crippen molar-refractivity contribution in [1.29, 1.82) is 0 Å². The molecule has 160 valence electrons.